The SMILES string of the molecule is CC(C)CC1(C(N)c2cc(Cl)c(Br)cc2F)CCCC1. The van der Waals surface area contributed by atoms with Crippen molar-refractivity contribution < 1.29 is 4.39 Å². The van der Waals surface area contributed by atoms with Gasteiger partial charge in [0, 0.05) is 16.1 Å². The minimum Gasteiger partial charge on any atom is -0.323 e. The maximum atomic E-state index is 14.3. The zero-order valence-electron chi connectivity index (χ0n) is 12.1. The Hall–Kier alpha value is -0.120. The monoisotopic (exact) mass is 361 g/mol. The Labute approximate surface area is 134 Å². The Morgan fingerprint density at radius 1 is 1.35 bits per heavy atom. The fourth-order valence-electron chi connectivity index (χ4n) is 3.64. The van der Waals surface area contributed by atoms with Gasteiger partial charge in [-0.05, 0) is 58.7 Å². The van der Waals surface area contributed by atoms with Gasteiger partial charge in [0.2, 0.25) is 0 Å². The second kappa shape index (κ2) is 6.33. The van der Waals surface area contributed by atoms with Gasteiger partial charge in [-0.2, -0.15) is 0 Å². The van der Waals surface area contributed by atoms with Gasteiger partial charge in [0.05, 0.1) is 5.02 Å². The van der Waals surface area contributed by atoms with Gasteiger partial charge in [-0.1, -0.05) is 38.3 Å². The van der Waals surface area contributed by atoms with Gasteiger partial charge in [0.1, 0.15) is 5.82 Å². The van der Waals surface area contributed by atoms with Crippen LogP contribution in [0.25, 0.3) is 0 Å². The van der Waals surface area contributed by atoms with Gasteiger partial charge in [0.25, 0.3) is 0 Å². The molecule has 0 amide bonds. The molecule has 1 nitrogen and oxygen atoms in total. The maximum absolute atomic E-state index is 14.3. The van der Waals surface area contributed by atoms with Crippen LogP contribution in [0.15, 0.2) is 16.6 Å². The summed E-state index contributed by atoms with van der Waals surface area (Å²) in [4.78, 5) is 0. The highest BCUT2D eigenvalue weighted by Crippen LogP contribution is 2.51. The third-order valence-electron chi connectivity index (χ3n) is 4.45. The first-order valence-electron chi connectivity index (χ1n) is 7.26. The molecule has 0 saturated heterocycles. The first-order valence-corrected chi connectivity index (χ1v) is 8.43. The number of nitrogens with two attached hydrogens (primary N) is 1. The summed E-state index contributed by atoms with van der Waals surface area (Å²) in [6.07, 6.45) is 5.58. The molecule has 0 aliphatic heterocycles. The van der Waals surface area contributed by atoms with Crippen LogP contribution in [-0.4, -0.2) is 0 Å². The van der Waals surface area contributed by atoms with E-state index in [-0.39, 0.29) is 17.3 Å². The molecule has 1 fully saturated rings. The number of rotatable bonds is 4. The summed E-state index contributed by atoms with van der Waals surface area (Å²) in [5, 5.41) is 0.523. The van der Waals surface area contributed by atoms with E-state index in [1.807, 2.05) is 0 Å². The van der Waals surface area contributed by atoms with Crippen molar-refractivity contribution in [1.29, 1.82) is 0 Å². The maximum Gasteiger partial charge on any atom is 0.129 e. The molecular formula is C16H22BrClFN. The smallest absolute Gasteiger partial charge is 0.129 e. The molecule has 0 spiro atoms. The molecule has 1 aliphatic carbocycles. The fourth-order valence-corrected chi connectivity index (χ4v) is 4.13. The molecule has 2 rings (SSSR count). The second-order valence-electron chi connectivity index (χ2n) is 6.43. The zero-order chi connectivity index (χ0) is 14.9. The Morgan fingerprint density at radius 2 is 1.95 bits per heavy atom. The number of benzene rings is 1. The van der Waals surface area contributed by atoms with Crippen molar-refractivity contribution in [2.24, 2.45) is 17.1 Å². The highest BCUT2D eigenvalue weighted by Gasteiger charge is 2.41. The van der Waals surface area contributed by atoms with Crippen LogP contribution in [-0.2, 0) is 0 Å². The lowest BCUT2D eigenvalue weighted by atomic mass is 9.70. The number of hydrogen-bond acceptors (Lipinski definition) is 1. The number of halogens is 3. The fraction of sp³-hybridized carbons (Fsp3) is 0.625. The van der Waals surface area contributed by atoms with Gasteiger partial charge in [-0.25, -0.2) is 4.39 Å². The predicted molar refractivity (Wildman–Crippen MR) is 86.4 cm³/mol. The molecule has 1 aliphatic rings. The molecule has 2 N–H and O–H groups in total. The molecule has 0 bridgehead atoms. The molecule has 20 heavy (non-hydrogen) atoms. The van der Waals surface area contributed by atoms with Crippen LogP contribution in [0, 0.1) is 17.2 Å². The van der Waals surface area contributed by atoms with Gasteiger partial charge in [0.15, 0.2) is 0 Å². The first kappa shape index (κ1) is 16.3. The number of hydrogen-bond donors (Lipinski definition) is 1. The summed E-state index contributed by atoms with van der Waals surface area (Å²) < 4.78 is 14.9. The molecule has 1 unspecified atom stereocenters. The summed E-state index contributed by atoms with van der Waals surface area (Å²) in [5.74, 6) is 0.303. The normalized spacial score (nSPS) is 19.6. The van der Waals surface area contributed by atoms with Crippen molar-refractivity contribution in [2.75, 3.05) is 0 Å². The Kier molecular flexibility index (Phi) is 5.14. The zero-order valence-corrected chi connectivity index (χ0v) is 14.4. The molecular weight excluding hydrogens is 341 g/mol. The van der Waals surface area contributed by atoms with Crippen LogP contribution in [0.3, 0.4) is 0 Å². The molecule has 4 heteroatoms. The van der Waals surface area contributed by atoms with Crippen molar-refractivity contribution >= 4 is 27.5 Å². The average Bonchev–Trinajstić information content (AvgIpc) is 2.81. The second-order valence-corrected chi connectivity index (χ2v) is 7.69. The molecule has 0 heterocycles. The minimum atomic E-state index is -0.280. The van der Waals surface area contributed by atoms with E-state index in [0.717, 1.165) is 19.3 Å². The summed E-state index contributed by atoms with van der Waals surface area (Å²) in [5.41, 5.74) is 7.07. The Morgan fingerprint density at radius 3 is 2.50 bits per heavy atom. The van der Waals surface area contributed by atoms with Crippen molar-refractivity contribution in [3.63, 3.8) is 0 Å². The average molecular weight is 363 g/mol. The quantitative estimate of drug-likeness (QED) is 0.668. The molecule has 1 saturated carbocycles. The van der Waals surface area contributed by atoms with E-state index in [1.54, 1.807) is 6.07 Å². The van der Waals surface area contributed by atoms with Crippen LogP contribution in [0.2, 0.25) is 5.02 Å². The molecule has 1 atom stereocenters. The van der Waals surface area contributed by atoms with Crippen LogP contribution in [0.5, 0.6) is 0 Å². The summed E-state index contributed by atoms with van der Waals surface area (Å²) in [6, 6.07) is 2.83. The highest BCUT2D eigenvalue weighted by molar-refractivity contribution is 9.10. The van der Waals surface area contributed by atoms with Crippen molar-refractivity contribution in [2.45, 2.75) is 52.0 Å². The Bertz CT molecular complexity index is 484. The standard InChI is InChI=1S/C16H22BrClFN/c1-10(2)9-16(5-3-4-6-16)15(20)11-7-13(18)12(17)8-14(11)19/h7-8,10,15H,3-6,9,20H2,1-2H3. The first-order chi connectivity index (χ1) is 9.35. The van der Waals surface area contributed by atoms with Gasteiger partial charge < -0.3 is 5.73 Å². The third kappa shape index (κ3) is 3.20. The predicted octanol–water partition coefficient (Wildman–Crippen LogP) is 5.85. The van der Waals surface area contributed by atoms with E-state index in [4.69, 9.17) is 17.3 Å². The molecule has 0 aromatic heterocycles. The lowest BCUT2D eigenvalue weighted by Crippen LogP contribution is -2.34. The van der Waals surface area contributed by atoms with Crippen LogP contribution in [0.1, 0.15) is 57.6 Å². The van der Waals surface area contributed by atoms with Crippen molar-refractivity contribution in [3.05, 3.63) is 33.0 Å². The molecule has 1 aromatic carbocycles. The van der Waals surface area contributed by atoms with Crippen molar-refractivity contribution in [1.82, 2.24) is 0 Å². The summed E-state index contributed by atoms with van der Waals surface area (Å²) >= 11 is 9.37. The van der Waals surface area contributed by atoms with E-state index < -0.39 is 0 Å². The van der Waals surface area contributed by atoms with Gasteiger partial charge in [-0.3, -0.25) is 0 Å². The van der Waals surface area contributed by atoms with Crippen LogP contribution in [0.4, 0.5) is 4.39 Å². The van der Waals surface area contributed by atoms with E-state index in [0.29, 0.717) is 21.0 Å². The lowest BCUT2D eigenvalue weighted by molar-refractivity contribution is 0.180. The van der Waals surface area contributed by atoms with E-state index in [1.165, 1.54) is 18.9 Å². The Balaban J connectivity index is 2.37. The van der Waals surface area contributed by atoms with E-state index in [9.17, 15) is 4.39 Å². The molecule has 1 aromatic rings. The van der Waals surface area contributed by atoms with Crippen molar-refractivity contribution in [3.8, 4) is 0 Å². The van der Waals surface area contributed by atoms with E-state index in [2.05, 4.69) is 29.8 Å². The van der Waals surface area contributed by atoms with Gasteiger partial charge >= 0.3 is 0 Å². The van der Waals surface area contributed by atoms with E-state index >= 15 is 0 Å². The van der Waals surface area contributed by atoms with Crippen LogP contribution >= 0.6 is 27.5 Å². The largest absolute Gasteiger partial charge is 0.323 e. The minimum absolute atomic E-state index is 0.0200. The topological polar surface area (TPSA) is 26.0 Å². The molecule has 112 valence electrons. The van der Waals surface area contributed by atoms with Crippen LogP contribution < -0.4 is 5.73 Å². The summed E-state index contributed by atoms with van der Waals surface area (Å²) in [6.45, 7) is 4.41. The molecule has 0 radical (unpaired) electrons. The highest BCUT2D eigenvalue weighted by atomic mass is 79.9. The lowest BCUT2D eigenvalue weighted by Gasteiger charge is -2.37. The van der Waals surface area contributed by atoms with Gasteiger partial charge in [-0.15, -0.1) is 0 Å². The summed E-state index contributed by atoms with van der Waals surface area (Å²) in [7, 11) is 0. The third-order valence-corrected chi connectivity index (χ3v) is 5.65.